The Labute approximate surface area is 105 Å². The average Bonchev–Trinajstić information content (AvgIpc) is 2.33. The molecule has 0 bridgehead atoms. The first-order chi connectivity index (χ1) is 8.12. The monoisotopic (exact) mass is 290 g/mol. The molecule has 1 aromatic carbocycles. The molecule has 0 unspecified atom stereocenters. The summed E-state index contributed by atoms with van der Waals surface area (Å²) in [6.07, 6.45) is 0. The zero-order valence-electron chi connectivity index (χ0n) is 8.33. The Morgan fingerprint density at radius 3 is 2.29 bits per heavy atom. The van der Waals surface area contributed by atoms with E-state index in [0.717, 1.165) is 0 Å². The number of halogens is 2. The predicted molar refractivity (Wildman–Crippen MR) is 61.6 cm³/mol. The average molecular weight is 291 g/mol. The van der Waals surface area contributed by atoms with Crippen LogP contribution in [0.15, 0.2) is 33.9 Å². The molecule has 0 atom stereocenters. The Morgan fingerprint density at radius 2 is 1.82 bits per heavy atom. The van der Waals surface area contributed by atoms with Crippen molar-refractivity contribution in [3.63, 3.8) is 0 Å². The molecule has 0 fully saturated rings. The number of hydrogen-bond acceptors (Lipinski definition) is 4. The van der Waals surface area contributed by atoms with Crippen LogP contribution in [0.3, 0.4) is 0 Å². The van der Waals surface area contributed by atoms with Gasteiger partial charge in [-0.1, -0.05) is 0 Å². The standard InChI is InChI=1S/C11H4BrFN4/c12-9-3-8(1-2-10(9)13)17-11(6-16)7(4-14)5-15/h1-3,17H. The van der Waals surface area contributed by atoms with Gasteiger partial charge in [0.05, 0.1) is 4.47 Å². The summed E-state index contributed by atoms with van der Waals surface area (Å²) in [7, 11) is 0. The molecule has 1 aromatic rings. The molecule has 0 amide bonds. The highest BCUT2D eigenvalue weighted by Gasteiger charge is 2.07. The highest BCUT2D eigenvalue weighted by molar-refractivity contribution is 9.10. The lowest BCUT2D eigenvalue weighted by Crippen LogP contribution is -2.00. The Balaban J connectivity index is 3.11. The molecule has 0 aliphatic heterocycles. The topological polar surface area (TPSA) is 83.4 Å². The molecule has 0 radical (unpaired) electrons. The van der Waals surface area contributed by atoms with Crippen molar-refractivity contribution in [1.82, 2.24) is 0 Å². The number of nitriles is 3. The predicted octanol–water partition coefficient (Wildman–Crippen LogP) is 2.82. The van der Waals surface area contributed by atoms with E-state index in [0.29, 0.717) is 5.69 Å². The maximum atomic E-state index is 13.0. The third kappa shape index (κ3) is 3.04. The number of nitrogens with zero attached hydrogens (tertiary/aromatic N) is 3. The Kier molecular flexibility index (Phi) is 4.22. The van der Waals surface area contributed by atoms with Gasteiger partial charge in [0.2, 0.25) is 0 Å². The smallest absolute Gasteiger partial charge is 0.163 e. The van der Waals surface area contributed by atoms with Crippen LogP contribution < -0.4 is 5.32 Å². The van der Waals surface area contributed by atoms with Gasteiger partial charge in [0, 0.05) is 5.69 Å². The van der Waals surface area contributed by atoms with E-state index < -0.39 is 5.82 Å². The molecule has 0 saturated heterocycles. The summed E-state index contributed by atoms with van der Waals surface area (Å²) in [5.41, 5.74) is -0.0979. The SMILES string of the molecule is N#CC(C#N)=C(C#N)Nc1ccc(F)c(Br)c1. The van der Waals surface area contributed by atoms with Crippen molar-refractivity contribution >= 4 is 21.6 Å². The van der Waals surface area contributed by atoms with Crippen molar-refractivity contribution in [1.29, 1.82) is 15.8 Å². The molecular formula is C11H4BrFN4. The zero-order chi connectivity index (χ0) is 12.8. The molecule has 1 N–H and O–H groups in total. The van der Waals surface area contributed by atoms with E-state index in [9.17, 15) is 4.39 Å². The van der Waals surface area contributed by atoms with Crippen molar-refractivity contribution in [3.05, 3.63) is 39.8 Å². The lowest BCUT2D eigenvalue weighted by Gasteiger charge is -2.05. The molecule has 0 aliphatic carbocycles. The molecule has 1 rings (SSSR count). The lowest BCUT2D eigenvalue weighted by atomic mass is 10.2. The molecule has 0 aliphatic rings. The summed E-state index contributed by atoms with van der Waals surface area (Å²) in [6, 6.07) is 8.88. The molecule has 17 heavy (non-hydrogen) atoms. The van der Waals surface area contributed by atoms with E-state index in [4.69, 9.17) is 15.8 Å². The van der Waals surface area contributed by atoms with Crippen LogP contribution in [-0.4, -0.2) is 0 Å². The van der Waals surface area contributed by atoms with E-state index in [2.05, 4.69) is 21.2 Å². The summed E-state index contributed by atoms with van der Waals surface area (Å²) in [5, 5.41) is 28.6. The largest absolute Gasteiger partial charge is 0.345 e. The normalized spacial score (nSPS) is 8.41. The molecule has 4 nitrogen and oxygen atoms in total. The van der Waals surface area contributed by atoms with Crippen LogP contribution >= 0.6 is 15.9 Å². The van der Waals surface area contributed by atoms with Gasteiger partial charge < -0.3 is 5.32 Å². The van der Waals surface area contributed by atoms with Gasteiger partial charge in [-0.05, 0) is 34.1 Å². The van der Waals surface area contributed by atoms with Crippen molar-refractivity contribution in [3.8, 4) is 18.2 Å². The fraction of sp³-hybridized carbons (Fsp3) is 0. The highest BCUT2D eigenvalue weighted by atomic mass is 79.9. The highest BCUT2D eigenvalue weighted by Crippen LogP contribution is 2.21. The molecule has 6 heteroatoms. The fourth-order valence-electron chi connectivity index (χ4n) is 1.00. The van der Waals surface area contributed by atoms with Gasteiger partial charge in [0.25, 0.3) is 0 Å². The van der Waals surface area contributed by atoms with Crippen molar-refractivity contribution < 1.29 is 4.39 Å². The molecule has 0 heterocycles. The van der Waals surface area contributed by atoms with Crippen LogP contribution in [0.5, 0.6) is 0 Å². The van der Waals surface area contributed by atoms with Crippen LogP contribution in [0.4, 0.5) is 10.1 Å². The Hall–Kier alpha value is -2.36. The number of hydrogen-bond donors (Lipinski definition) is 1. The quantitative estimate of drug-likeness (QED) is 0.849. The fourth-order valence-corrected chi connectivity index (χ4v) is 1.38. The van der Waals surface area contributed by atoms with E-state index in [1.165, 1.54) is 18.2 Å². The molecule has 0 saturated carbocycles. The summed E-state index contributed by atoms with van der Waals surface area (Å²) in [6.45, 7) is 0. The van der Waals surface area contributed by atoms with Crippen LogP contribution in [0, 0.1) is 39.8 Å². The lowest BCUT2D eigenvalue weighted by molar-refractivity contribution is 0.621. The first kappa shape index (κ1) is 12.7. The summed E-state index contributed by atoms with van der Waals surface area (Å²) in [5.74, 6) is -0.446. The minimum Gasteiger partial charge on any atom is -0.345 e. The number of allylic oxidation sites excluding steroid dienone is 2. The molecule has 82 valence electrons. The maximum absolute atomic E-state index is 13.0. The van der Waals surface area contributed by atoms with E-state index in [1.807, 2.05) is 0 Å². The molecule has 0 spiro atoms. The van der Waals surface area contributed by atoms with E-state index in [-0.39, 0.29) is 15.7 Å². The second kappa shape index (κ2) is 5.65. The van der Waals surface area contributed by atoms with Gasteiger partial charge in [0.15, 0.2) is 5.57 Å². The van der Waals surface area contributed by atoms with Gasteiger partial charge in [-0.2, -0.15) is 15.8 Å². The summed E-state index contributed by atoms with van der Waals surface area (Å²) < 4.78 is 13.2. The van der Waals surface area contributed by atoms with Crippen molar-refractivity contribution in [2.45, 2.75) is 0 Å². The number of nitrogens with one attached hydrogen (secondary N) is 1. The van der Waals surface area contributed by atoms with Crippen LogP contribution in [0.25, 0.3) is 0 Å². The van der Waals surface area contributed by atoms with Gasteiger partial charge in [0.1, 0.15) is 29.7 Å². The van der Waals surface area contributed by atoms with E-state index >= 15 is 0 Å². The van der Waals surface area contributed by atoms with Gasteiger partial charge >= 0.3 is 0 Å². The Morgan fingerprint density at radius 1 is 1.18 bits per heavy atom. The number of rotatable bonds is 2. The first-order valence-electron chi connectivity index (χ1n) is 4.29. The van der Waals surface area contributed by atoms with Gasteiger partial charge in [-0.15, -0.1) is 0 Å². The summed E-state index contributed by atoms with van der Waals surface area (Å²) in [4.78, 5) is 0. The first-order valence-corrected chi connectivity index (χ1v) is 5.08. The number of anilines is 1. The second-order valence-electron chi connectivity index (χ2n) is 2.84. The maximum Gasteiger partial charge on any atom is 0.163 e. The van der Waals surface area contributed by atoms with Crippen LogP contribution in [-0.2, 0) is 0 Å². The zero-order valence-corrected chi connectivity index (χ0v) is 9.92. The third-order valence-corrected chi connectivity index (χ3v) is 2.38. The number of benzene rings is 1. The molecule has 0 aromatic heterocycles. The second-order valence-corrected chi connectivity index (χ2v) is 3.69. The van der Waals surface area contributed by atoms with Crippen LogP contribution in [0.2, 0.25) is 0 Å². The summed E-state index contributed by atoms with van der Waals surface area (Å²) >= 11 is 2.99. The Bertz CT molecular complexity index is 585. The minimum absolute atomic E-state index is 0.173. The van der Waals surface area contributed by atoms with Crippen molar-refractivity contribution in [2.24, 2.45) is 0 Å². The third-order valence-electron chi connectivity index (χ3n) is 1.77. The molecular weight excluding hydrogens is 287 g/mol. The van der Waals surface area contributed by atoms with Gasteiger partial charge in [-0.25, -0.2) is 4.39 Å². The van der Waals surface area contributed by atoms with Gasteiger partial charge in [-0.3, -0.25) is 0 Å². The van der Waals surface area contributed by atoms with Crippen LogP contribution in [0.1, 0.15) is 0 Å². The van der Waals surface area contributed by atoms with E-state index in [1.54, 1.807) is 18.2 Å². The van der Waals surface area contributed by atoms with Crippen molar-refractivity contribution in [2.75, 3.05) is 5.32 Å². The minimum atomic E-state index is -0.446.